The Balaban J connectivity index is 2.18. The van der Waals surface area contributed by atoms with Crippen molar-refractivity contribution in [3.05, 3.63) is 18.0 Å². The van der Waals surface area contributed by atoms with Crippen molar-refractivity contribution in [3.63, 3.8) is 0 Å². The van der Waals surface area contributed by atoms with Crippen LogP contribution in [0.5, 0.6) is 0 Å². The number of carbonyl (C=O) groups is 1. The topological polar surface area (TPSA) is 50.2 Å². The van der Waals surface area contributed by atoms with Crippen LogP contribution in [0.15, 0.2) is 12.4 Å². The van der Waals surface area contributed by atoms with Crippen molar-refractivity contribution in [2.75, 3.05) is 20.6 Å². The Morgan fingerprint density at radius 3 is 2.88 bits per heavy atom. The second-order valence-electron chi connectivity index (χ2n) is 3.92. The minimum Gasteiger partial charge on any atom is -0.349 e. The van der Waals surface area contributed by atoms with Crippen LogP contribution in [0.2, 0.25) is 0 Å². The fraction of sp³-hybridized carbons (Fsp3) is 0.636. The molecule has 16 heavy (non-hydrogen) atoms. The highest BCUT2D eigenvalue weighted by molar-refractivity contribution is 5.75. The molecule has 1 aromatic heterocycles. The monoisotopic (exact) mass is 224 g/mol. The molecule has 1 heterocycles. The average molecular weight is 224 g/mol. The minimum absolute atomic E-state index is 0.150. The molecule has 0 fully saturated rings. The molecule has 0 aliphatic heterocycles. The zero-order valence-electron chi connectivity index (χ0n) is 10.2. The van der Waals surface area contributed by atoms with Crippen LogP contribution in [-0.4, -0.2) is 41.2 Å². The van der Waals surface area contributed by atoms with E-state index >= 15 is 0 Å². The van der Waals surface area contributed by atoms with Gasteiger partial charge in [-0.1, -0.05) is 0 Å². The van der Waals surface area contributed by atoms with Gasteiger partial charge in [-0.25, -0.2) is 0 Å². The second-order valence-corrected chi connectivity index (χ2v) is 3.92. The van der Waals surface area contributed by atoms with E-state index in [4.69, 9.17) is 0 Å². The normalized spacial score (nSPS) is 10.4. The van der Waals surface area contributed by atoms with Gasteiger partial charge in [0.05, 0.1) is 6.20 Å². The van der Waals surface area contributed by atoms with Crippen LogP contribution in [0.3, 0.4) is 0 Å². The maximum absolute atomic E-state index is 11.3. The minimum atomic E-state index is 0.150. The summed E-state index contributed by atoms with van der Waals surface area (Å²) in [6, 6.07) is 0. The third-order valence-corrected chi connectivity index (χ3v) is 2.35. The van der Waals surface area contributed by atoms with Crippen molar-refractivity contribution in [2.24, 2.45) is 0 Å². The first kappa shape index (κ1) is 12.7. The van der Waals surface area contributed by atoms with Crippen molar-refractivity contribution >= 4 is 5.91 Å². The smallest absolute Gasteiger partial charge is 0.223 e. The molecule has 0 aliphatic carbocycles. The summed E-state index contributed by atoms with van der Waals surface area (Å²) in [6.45, 7) is 4.41. The summed E-state index contributed by atoms with van der Waals surface area (Å²) >= 11 is 0. The lowest BCUT2D eigenvalue weighted by Crippen LogP contribution is -2.26. The Kier molecular flexibility index (Phi) is 4.98. The lowest BCUT2D eigenvalue weighted by Gasteiger charge is -2.09. The van der Waals surface area contributed by atoms with Crippen LogP contribution in [0, 0.1) is 0 Å². The third kappa shape index (κ3) is 4.02. The third-order valence-electron chi connectivity index (χ3n) is 2.35. The van der Waals surface area contributed by atoms with Crippen LogP contribution < -0.4 is 5.32 Å². The van der Waals surface area contributed by atoms with Crippen molar-refractivity contribution < 1.29 is 4.79 Å². The van der Waals surface area contributed by atoms with Crippen LogP contribution in [-0.2, 0) is 17.9 Å². The molecule has 1 N–H and O–H groups in total. The molecule has 0 unspecified atom stereocenters. The number of carbonyl (C=O) groups excluding carboxylic acids is 1. The molecule has 1 aromatic rings. The van der Waals surface area contributed by atoms with Crippen LogP contribution in [0.1, 0.15) is 18.9 Å². The summed E-state index contributed by atoms with van der Waals surface area (Å²) in [5.74, 6) is 0.150. The van der Waals surface area contributed by atoms with E-state index in [2.05, 4.69) is 17.3 Å². The van der Waals surface area contributed by atoms with Crippen LogP contribution >= 0.6 is 0 Å². The number of rotatable bonds is 6. The van der Waals surface area contributed by atoms with Gasteiger partial charge in [-0.3, -0.25) is 9.48 Å². The average Bonchev–Trinajstić information content (AvgIpc) is 2.71. The van der Waals surface area contributed by atoms with Gasteiger partial charge >= 0.3 is 0 Å². The number of aromatic nitrogens is 2. The summed E-state index contributed by atoms with van der Waals surface area (Å²) in [6.07, 6.45) is 4.40. The van der Waals surface area contributed by atoms with Crippen molar-refractivity contribution in [2.45, 2.75) is 26.4 Å². The van der Waals surface area contributed by atoms with Gasteiger partial charge in [0, 0.05) is 51.9 Å². The number of hydrogen-bond donors (Lipinski definition) is 1. The number of nitrogens with zero attached hydrogens (tertiary/aromatic N) is 3. The molecule has 0 bridgehead atoms. The number of aryl methyl sites for hydroxylation is 1. The molecule has 0 atom stereocenters. The van der Waals surface area contributed by atoms with Crippen LogP contribution in [0.25, 0.3) is 0 Å². The zero-order chi connectivity index (χ0) is 12.0. The van der Waals surface area contributed by atoms with E-state index < -0.39 is 0 Å². The highest BCUT2D eigenvalue weighted by Gasteiger charge is 2.02. The second kappa shape index (κ2) is 6.27. The van der Waals surface area contributed by atoms with Gasteiger partial charge in [-0.2, -0.15) is 5.10 Å². The summed E-state index contributed by atoms with van der Waals surface area (Å²) in [5.41, 5.74) is 1.15. The molecule has 0 radical (unpaired) electrons. The molecule has 0 saturated heterocycles. The maximum atomic E-state index is 11.3. The number of nitrogens with one attached hydrogen (secondary N) is 1. The lowest BCUT2D eigenvalue weighted by molar-refractivity contribution is -0.128. The fourth-order valence-corrected chi connectivity index (χ4v) is 1.32. The molecular weight excluding hydrogens is 204 g/mol. The first-order valence-electron chi connectivity index (χ1n) is 5.55. The highest BCUT2D eigenvalue weighted by Crippen LogP contribution is 1.96. The Bertz CT molecular complexity index is 332. The van der Waals surface area contributed by atoms with Crippen molar-refractivity contribution in [1.82, 2.24) is 20.0 Å². The molecule has 0 spiro atoms. The Hall–Kier alpha value is -1.36. The zero-order valence-corrected chi connectivity index (χ0v) is 10.2. The van der Waals surface area contributed by atoms with E-state index in [1.807, 2.05) is 17.1 Å². The van der Waals surface area contributed by atoms with Crippen molar-refractivity contribution in [1.29, 1.82) is 0 Å². The maximum Gasteiger partial charge on any atom is 0.223 e. The van der Waals surface area contributed by atoms with Crippen LogP contribution in [0.4, 0.5) is 0 Å². The molecule has 0 aromatic carbocycles. The highest BCUT2D eigenvalue weighted by atomic mass is 16.2. The fourth-order valence-electron chi connectivity index (χ4n) is 1.32. The molecule has 0 saturated carbocycles. The van der Waals surface area contributed by atoms with Gasteiger partial charge < -0.3 is 10.2 Å². The Morgan fingerprint density at radius 1 is 1.56 bits per heavy atom. The Morgan fingerprint density at radius 2 is 2.31 bits per heavy atom. The molecule has 1 amide bonds. The predicted molar refractivity (Wildman–Crippen MR) is 62.9 cm³/mol. The standard InChI is InChI=1S/C11H20N4O/c1-4-15-9-10(8-13-15)7-12-6-5-11(16)14(2)3/h8-9,12H,4-7H2,1-3H3. The quantitative estimate of drug-likeness (QED) is 0.715. The van der Waals surface area contributed by atoms with E-state index in [1.165, 1.54) is 0 Å². The van der Waals surface area contributed by atoms with Gasteiger partial charge in [0.15, 0.2) is 0 Å². The van der Waals surface area contributed by atoms with Gasteiger partial charge in [-0.05, 0) is 6.92 Å². The number of hydrogen-bond acceptors (Lipinski definition) is 3. The van der Waals surface area contributed by atoms with Gasteiger partial charge in [0.25, 0.3) is 0 Å². The van der Waals surface area contributed by atoms with Gasteiger partial charge in [0.2, 0.25) is 5.91 Å². The van der Waals surface area contributed by atoms with E-state index in [0.717, 1.165) is 18.7 Å². The summed E-state index contributed by atoms with van der Waals surface area (Å²) in [7, 11) is 3.54. The molecule has 0 aliphatic rings. The largest absolute Gasteiger partial charge is 0.349 e. The summed E-state index contributed by atoms with van der Waals surface area (Å²) in [4.78, 5) is 12.9. The molecular formula is C11H20N4O. The lowest BCUT2D eigenvalue weighted by atomic mass is 10.3. The van der Waals surface area contributed by atoms with E-state index in [-0.39, 0.29) is 5.91 Å². The van der Waals surface area contributed by atoms with Gasteiger partial charge in [0.1, 0.15) is 0 Å². The molecule has 1 rings (SSSR count). The summed E-state index contributed by atoms with van der Waals surface area (Å²) < 4.78 is 1.89. The Labute approximate surface area is 96.4 Å². The number of amides is 1. The van der Waals surface area contributed by atoms with E-state index in [0.29, 0.717) is 13.0 Å². The SMILES string of the molecule is CCn1cc(CNCCC(=O)N(C)C)cn1. The predicted octanol–water partition coefficient (Wildman–Crippen LogP) is 0.471. The van der Waals surface area contributed by atoms with E-state index in [9.17, 15) is 4.79 Å². The first-order valence-corrected chi connectivity index (χ1v) is 5.55. The first-order chi connectivity index (χ1) is 7.63. The molecule has 5 nitrogen and oxygen atoms in total. The van der Waals surface area contributed by atoms with Crippen molar-refractivity contribution in [3.8, 4) is 0 Å². The molecule has 90 valence electrons. The van der Waals surface area contributed by atoms with Gasteiger partial charge in [-0.15, -0.1) is 0 Å². The molecule has 5 heteroatoms. The summed E-state index contributed by atoms with van der Waals surface area (Å²) in [5, 5.41) is 7.40. The van der Waals surface area contributed by atoms with E-state index in [1.54, 1.807) is 19.0 Å².